The topological polar surface area (TPSA) is 37.3 Å². The lowest BCUT2D eigenvalue weighted by molar-refractivity contribution is -0.132. The molecule has 0 aromatic carbocycles. The molecule has 1 saturated heterocycles. The highest BCUT2D eigenvalue weighted by atomic mass is 16.2. The first-order valence-corrected chi connectivity index (χ1v) is 7.43. The van der Waals surface area contributed by atoms with Gasteiger partial charge in [-0.3, -0.25) is 4.79 Å². The minimum Gasteiger partial charge on any atom is -0.341 e. The zero-order valence-corrected chi connectivity index (χ0v) is 11.9. The summed E-state index contributed by atoms with van der Waals surface area (Å²) >= 11 is 0. The van der Waals surface area contributed by atoms with Gasteiger partial charge in [0, 0.05) is 31.5 Å². The summed E-state index contributed by atoms with van der Waals surface area (Å²) in [4.78, 5) is 14.2. The summed E-state index contributed by atoms with van der Waals surface area (Å²) in [7, 11) is 0. The van der Waals surface area contributed by atoms with Crippen LogP contribution in [0.4, 0.5) is 0 Å². The third-order valence-electron chi connectivity index (χ3n) is 3.67. The monoisotopic (exact) mass is 263 g/mol. The maximum absolute atomic E-state index is 12.2. The van der Waals surface area contributed by atoms with Crippen molar-refractivity contribution in [1.29, 1.82) is 0 Å². The van der Waals surface area contributed by atoms with E-state index in [0.29, 0.717) is 6.54 Å². The van der Waals surface area contributed by atoms with Crippen LogP contribution in [0.1, 0.15) is 38.3 Å². The van der Waals surface area contributed by atoms with E-state index < -0.39 is 0 Å². The molecule has 0 saturated carbocycles. The largest absolute Gasteiger partial charge is 0.341 e. The molecule has 1 aromatic rings. The van der Waals surface area contributed by atoms with Crippen molar-refractivity contribution in [2.24, 2.45) is 0 Å². The predicted octanol–water partition coefficient (Wildman–Crippen LogP) is 2.00. The molecule has 0 radical (unpaired) electrons. The van der Waals surface area contributed by atoms with Crippen LogP contribution in [0.3, 0.4) is 0 Å². The SMILES string of the molecule is CCCNCc1cccn1CC(=O)N1CCCCC1. The summed E-state index contributed by atoms with van der Waals surface area (Å²) in [5.74, 6) is 0.257. The molecular weight excluding hydrogens is 238 g/mol. The molecule has 2 rings (SSSR count). The molecule has 0 unspecified atom stereocenters. The fourth-order valence-electron chi connectivity index (χ4n) is 2.55. The molecule has 1 aliphatic rings. The zero-order chi connectivity index (χ0) is 13.5. The smallest absolute Gasteiger partial charge is 0.242 e. The second kappa shape index (κ2) is 7.34. The van der Waals surface area contributed by atoms with E-state index in [9.17, 15) is 4.79 Å². The molecule has 106 valence electrons. The Morgan fingerprint density at radius 2 is 2.11 bits per heavy atom. The summed E-state index contributed by atoms with van der Waals surface area (Å²) in [5, 5.41) is 3.38. The van der Waals surface area contributed by atoms with Gasteiger partial charge in [0.25, 0.3) is 0 Å². The van der Waals surface area contributed by atoms with Crippen molar-refractivity contribution >= 4 is 5.91 Å². The number of nitrogens with zero attached hydrogens (tertiary/aromatic N) is 2. The number of piperidine rings is 1. The van der Waals surface area contributed by atoms with Crippen molar-refractivity contribution in [3.63, 3.8) is 0 Å². The molecule has 0 atom stereocenters. The van der Waals surface area contributed by atoms with E-state index in [1.54, 1.807) is 0 Å². The van der Waals surface area contributed by atoms with Crippen molar-refractivity contribution in [1.82, 2.24) is 14.8 Å². The highest BCUT2D eigenvalue weighted by Crippen LogP contribution is 2.10. The lowest BCUT2D eigenvalue weighted by atomic mass is 10.1. The Balaban J connectivity index is 1.87. The molecule has 1 amide bonds. The van der Waals surface area contributed by atoms with E-state index in [-0.39, 0.29) is 5.91 Å². The summed E-state index contributed by atoms with van der Waals surface area (Å²) in [6.45, 7) is 6.37. The van der Waals surface area contributed by atoms with Crippen LogP contribution < -0.4 is 5.32 Å². The Bertz CT molecular complexity index is 394. The van der Waals surface area contributed by atoms with E-state index in [2.05, 4.69) is 22.9 Å². The van der Waals surface area contributed by atoms with Crippen molar-refractivity contribution < 1.29 is 4.79 Å². The van der Waals surface area contributed by atoms with Crippen LogP contribution in [0.2, 0.25) is 0 Å². The Kier molecular flexibility index (Phi) is 5.45. The van der Waals surface area contributed by atoms with Crippen LogP contribution in [0.5, 0.6) is 0 Å². The molecule has 1 N–H and O–H groups in total. The van der Waals surface area contributed by atoms with E-state index in [1.807, 2.05) is 17.2 Å². The summed E-state index contributed by atoms with van der Waals surface area (Å²) in [5.41, 5.74) is 1.19. The van der Waals surface area contributed by atoms with Crippen molar-refractivity contribution in [3.8, 4) is 0 Å². The van der Waals surface area contributed by atoms with E-state index in [4.69, 9.17) is 0 Å². The van der Waals surface area contributed by atoms with Gasteiger partial charge in [-0.1, -0.05) is 6.92 Å². The lowest BCUT2D eigenvalue weighted by Gasteiger charge is -2.27. The van der Waals surface area contributed by atoms with Gasteiger partial charge in [-0.15, -0.1) is 0 Å². The maximum Gasteiger partial charge on any atom is 0.242 e. The second-order valence-electron chi connectivity index (χ2n) is 5.25. The normalized spacial score (nSPS) is 15.7. The molecular formula is C15H25N3O. The second-order valence-corrected chi connectivity index (χ2v) is 5.25. The summed E-state index contributed by atoms with van der Waals surface area (Å²) in [6.07, 6.45) is 6.71. The lowest BCUT2D eigenvalue weighted by Crippen LogP contribution is -2.38. The van der Waals surface area contributed by atoms with Gasteiger partial charge in [-0.05, 0) is 44.4 Å². The van der Waals surface area contributed by atoms with Gasteiger partial charge in [0.2, 0.25) is 5.91 Å². The Labute approximate surface area is 115 Å². The molecule has 1 aromatic heterocycles. The van der Waals surface area contributed by atoms with Gasteiger partial charge in [0.1, 0.15) is 6.54 Å². The first kappa shape index (κ1) is 14.1. The van der Waals surface area contributed by atoms with Gasteiger partial charge >= 0.3 is 0 Å². The highest BCUT2D eigenvalue weighted by molar-refractivity contribution is 5.76. The van der Waals surface area contributed by atoms with Crippen molar-refractivity contribution in [2.45, 2.75) is 45.7 Å². The fraction of sp³-hybridized carbons (Fsp3) is 0.667. The van der Waals surface area contributed by atoms with Crippen molar-refractivity contribution in [3.05, 3.63) is 24.0 Å². The van der Waals surface area contributed by atoms with Crippen LogP contribution in [0.25, 0.3) is 0 Å². The van der Waals surface area contributed by atoms with Crippen LogP contribution in [-0.2, 0) is 17.9 Å². The maximum atomic E-state index is 12.2. The van der Waals surface area contributed by atoms with Gasteiger partial charge in [0.05, 0.1) is 0 Å². The number of hydrogen-bond acceptors (Lipinski definition) is 2. The Hall–Kier alpha value is -1.29. The summed E-state index contributed by atoms with van der Waals surface area (Å²) in [6, 6.07) is 4.11. The van der Waals surface area contributed by atoms with E-state index >= 15 is 0 Å². The van der Waals surface area contributed by atoms with Gasteiger partial charge in [-0.2, -0.15) is 0 Å². The fourth-order valence-corrected chi connectivity index (χ4v) is 2.55. The third kappa shape index (κ3) is 4.10. The number of rotatable bonds is 6. The number of nitrogens with one attached hydrogen (secondary N) is 1. The third-order valence-corrected chi connectivity index (χ3v) is 3.67. The average molecular weight is 263 g/mol. The number of carbonyl (C=O) groups excluding carboxylic acids is 1. The molecule has 1 aliphatic heterocycles. The quantitative estimate of drug-likeness (QED) is 0.797. The summed E-state index contributed by atoms with van der Waals surface area (Å²) < 4.78 is 2.07. The highest BCUT2D eigenvalue weighted by Gasteiger charge is 2.17. The Morgan fingerprint density at radius 3 is 2.84 bits per heavy atom. The Morgan fingerprint density at radius 1 is 1.32 bits per heavy atom. The first-order chi connectivity index (χ1) is 9.31. The predicted molar refractivity (Wildman–Crippen MR) is 76.9 cm³/mol. The van der Waals surface area contributed by atoms with Crippen LogP contribution >= 0.6 is 0 Å². The number of hydrogen-bond donors (Lipinski definition) is 1. The molecule has 19 heavy (non-hydrogen) atoms. The van der Waals surface area contributed by atoms with E-state index in [0.717, 1.165) is 45.4 Å². The molecule has 0 aliphatic carbocycles. The number of amides is 1. The van der Waals surface area contributed by atoms with Crippen LogP contribution in [0.15, 0.2) is 18.3 Å². The number of likely N-dealkylation sites (tertiary alicyclic amines) is 1. The van der Waals surface area contributed by atoms with Gasteiger partial charge < -0.3 is 14.8 Å². The number of aromatic nitrogens is 1. The zero-order valence-electron chi connectivity index (χ0n) is 11.9. The molecule has 1 fully saturated rings. The number of carbonyl (C=O) groups is 1. The van der Waals surface area contributed by atoms with Gasteiger partial charge in [-0.25, -0.2) is 0 Å². The molecule has 4 heteroatoms. The molecule has 0 bridgehead atoms. The molecule has 0 spiro atoms. The van der Waals surface area contributed by atoms with E-state index in [1.165, 1.54) is 12.1 Å². The first-order valence-electron chi connectivity index (χ1n) is 7.43. The standard InChI is InChI=1S/C15H25N3O/c1-2-8-16-12-14-7-6-11-18(14)13-15(19)17-9-4-3-5-10-17/h6-7,11,16H,2-5,8-10,12-13H2,1H3. The van der Waals surface area contributed by atoms with Crippen LogP contribution in [0, 0.1) is 0 Å². The van der Waals surface area contributed by atoms with Gasteiger partial charge in [0.15, 0.2) is 0 Å². The molecule has 2 heterocycles. The minimum absolute atomic E-state index is 0.257. The van der Waals surface area contributed by atoms with Crippen molar-refractivity contribution in [2.75, 3.05) is 19.6 Å². The average Bonchev–Trinajstić information content (AvgIpc) is 2.87. The van der Waals surface area contributed by atoms with Crippen LogP contribution in [-0.4, -0.2) is 35.0 Å². The minimum atomic E-state index is 0.257. The molecule has 4 nitrogen and oxygen atoms in total.